The fourth-order valence-electron chi connectivity index (χ4n) is 4.19. The predicted octanol–water partition coefficient (Wildman–Crippen LogP) is 2.58. The van der Waals surface area contributed by atoms with Gasteiger partial charge >= 0.3 is 0 Å². The Morgan fingerprint density at radius 1 is 1.21 bits per heavy atom. The van der Waals surface area contributed by atoms with Gasteiger partial charge in [0, 0.05) is 12.3 Å². The van der Waals surface area contributed by atoms with Crippen molar-refractivity contribution in [2.24, 2.45) is 0 Å². The SMILES string of the molecule is Cc1ccc2nc(C[NH+]3CCC[C@@H](c4nc5ccccc5s4)C3)cc(=O)n2c1. The number of para-hydroxylation sites is 1. The molecule has 1 aromatic carbocycles. The molecule has 1 N–H and O–H groups in total. The third-order valence-corrected chi connectivity index (χ3v) is 6.77. The molecule has 0 aliphatic carbocycles. The number of aromatic nitrogens is 3. The minimum atomic E-state index is 0.00262. The summed E-state index contributed by atoms with van der Waals surface area (Å²) in [7, 11) is 0. The number of benzene rings is 1. The molecule has 142 valence electrons. The number of aryl methyl sites for hydroxylation is 1. The molecule has 0 bridgehead atoms. The van der Waals surface area contributed by atoms with E-state index in [2.05, 4.69) is 24.3 Å². The van der Waals surface area contributed by atoms with E-state index in [-0.39, 0.29) is 5.56 Å². The van der Waals surface area contributed by atoms with Crippen molar-refractivity contribution in [2.45, 2.75) is 32.2 Å². The Balaban J connectivity index is 1.37. The normalized spacial score (nSPS) is 20.0. The largest absolute Gasteiger partial charge is 0.329 e. The van der Waals surface area contributed by atoms with E-state index >= 15 is 0 Å². The summed E-state index contributed by atoms with van der Waals surface area (Å²) in [5.41, 5.74) is 3.78. The van der Waals surface area contributed by atoms with Gasteiger partial charge in [-0.2, -0.15) is 0 Å². The number of nitrogens with one attached hydrogen (secondary N) is 1. The molecule has 0 spiro atoms. The van der Waals surface area contributed by atoms with Crippen molar-refractivity contribution in [1.29, 1.82) is 0 Å². The van der Waals surface area contributed by atoms with Crippen LogP contribution in [0.4, 0.5) is 0 Å². The zero-order valence-electron chi connectivity index (χ0n) is 15.9. The van der Waals surface area contributed by atoms with Gasteiger partial charge < -0.3 is 4.90 Å². The fraction of sp³-hybridized carbons (Fsp3) is 0.318. The van der Waals surface area contributed by atoms with Crippen molar-refractivity contribution in [2.75, 3.05) is 13.1 Å². The third-order valence-electron chi connectivity index (χ3n) is 5.57. The van der Waals surface area contributed by atoms with Crippen LogP contribution in [0.1, 0.15) is 35.0 Å². The molecule has 2 atom stereocenters. The average molecular weight is 392 g/mol. The lowest BCUT2D eigenvalue weighted by atomic mass is 9.98. The summed E-state index contributed by atoms with van der Waals surface area (Å²) in [6.45, 7) is 4.95. The molecule has 1 fully saturated rings. The van der Waals surface area contributed by atoms with Crippen molar-refractivity contribution in [1.82, 2.24) is 14.4 Å². The van der Waals surface area contributed by atoms with Crippen LogP contribution in [0.15, 0.2) is 53.5 Å². The van der Waals surface area contributed by atoms with Crippen LogP contribution in [-0.2, 0) is 6.54 Å². The van der Waals surface area contributed by atoms with Crippen LogP contribution in [-0.4, -0.2) is 27.5 Å². The minimum absolute atomic E-state index is 0.00262. The first-order valence-corrected chi connectivity index (χ1v) is 10.7. The number of quaternary nitrogens is 1. The summed E-state index contributed by atoms with van der Waals surface area (Å²) >= 11 is 1.82. The molecule has 5 nitrogen and oxygen atoms in total. The van der Waals surface area contributed by atoms with Gasteiger partial charge in [0.1, 0.15) is 22.9 Å². The van der Waals surface area contributed by atoms with Gasteiger partial charge in [-0.3, -0.25) is 9.20 Å². The lowest BCUT2D eigenvalue weighted by molar-refractivity contribution is -0.920. The fourth-order valence-corrected chi connectivity index (χ4v) is 5.29. The first-order valence-electron chi connectivity index (χ1n) is 9.84. The summed E-state index contributed by atoms with van der Waals surface area (Å²) in [5.74, 6) is 0.491. The number of hydrogen-bond donors (Lipinski definition) is 1. The number of pyridine rings is 1. The Kier molecular flexibility index (Phi) is 4.45. The highest BCUT2D eigenvalue weighted by Gasteiger charge is 2.27. The molecule has 4 heterocycles. The van der Waals surface area contributed by atoms with E-state index in [1.54, 1.807) is 10.5 Å². The predicted molar refractivity (Wildman–Crippen MR) is 112 cm³/mol. The van der Waals surface area contributed by atoms with Gasteiger partial charge in [-0.15, -0.1) is 11.3 Å². The van der Waals surface area contributed by atoms with Gasteiger partial charge in [0.05, 0.1) is 29.2 Å². The maximum atomic E-state index is 12.5. The Labute approximate surface area is 167 Å². The minimum Gasteiger partial charge on any atom is -0.329 e. The monoisotopic (exact) mass is 391 g/mol. The van der Waals surface area contributed by atoms with Crippen LogP contribution in [0.25, 0.3) is 15.9 Å². The molecule has 4 aromatic rings. The number of fused-ring (bicyclic) bond motifs is 2. The van der Waals surface area contributed by atoms with E-state index in [0.29, 0.717) is 5.92 Å². The van der Waals surface area contributed by atoms with Crippen LogP contribution in [0.2, 0.25) is 0 Å². The van der Waals surface area contributed by atoms with Crippen LogP contribution in [0.3, 0.4) is 0 Å². The number of nitrogens with zero attached hydrogens (tertiary/aromatic N) is 3. The smallest absolute Gasteiger partial charge is 0.258 e. The maximum absolute atomic E-state index is 12.5. The second kappa shape index (κ2) is 7.11. The number of likely N-dealkylation sites (tertiary alicyclic amines) is 1. The molecular weight excluding hydrogens is 368 g/mol. The van der Waals surface area contributed by atoms with E-state index < -0.39 is 0 Å². The second-order valence-electron chi connectivity index (χ2n) is 7.76. The molecule has 6 heteroatoms. The highest BCUT2D eigenvalue weighted by Crippen LogP contribution is 2.30. The van der Waals surface area contributed by atoms with Crippen molar-refractivity contribution in [3.05, 3.63) is 75.3 Å². The van der Waals surface area contributed by atoms with Gasteiger partial charge in [0.2, 0.25) is 0 Å². The summed E-state index contributed by atoms with van der Waals surface area (Å²) in [5, 5.41) is 1.25. The Morgan fingerprint density at radius 2 is 2.11 bits per heavy atom. The summed E-state index contributed by atoms with van der Waals surface area (Å²) in [6.07, 6.45) is 4.23. The quantitative estimate of drug-likeness (QED) is 0.584. The molecule has 5 rings (SSSR count). The lowest BCUT2D eigenvalue weighted by Crippen LogP contribution is -3.12. The molecule has 1 unspecified atom stereocenters. The van der Waals surface area contributed by atoms with Gasteiger partial charge in [0.25, 0.3) is 5.56 Å². The van der Waals surface area contributed by atoms with E-state index in [4.69, 9.17) is 9.97 Å². The van der Waals surface area contributed by atoms with Gasteiger partial charge in [0.15, 0.2) is 0 Å². The van der Waals surface area contributed by atoms with Crippen molar-refractivity contribution in [3.63, 3.8) is 0 Å². The topological polar surface area (TPSA) is 51.7 Å². The van der Waals surface area contributed by atoms with Crippen LogP contribution < -0.4 is 10.5 Å². The second-order valence-corrected chi connectivity index (χ2v) is 8.82. The average Bonchev–Trinajstić information content (AvgIpc) is 3.13. The Hall–Kier alpha value is -2.57. The van der Waals surface area contributed by atoms with Crippen molar-refractivity contribution in [3.8, 4) is 0 Å². The highest BCUT2D eigenvalue weighted by molar-refractivity contribution is 7.18. The molecule has 1 saturated heterocycles. The van der Waals surface area contributed by atoms with Crippen LogP contribution >= 0.6 is 11.3 Å². The van der Waals surface area contributed by atoms with E-state index in [1.165, 1.54) is 27.4 Å². The molecule has 1 aliphatic rings. The summed E-state index contributed by atoms with van der Waals surface area (Å²) in [6, 6.07) is 14.0. The summed E-state index contributed by atoms with van der Waals surface area (Å²) < 4.78 is 2.90. The zero-order chi connectivity index (χ0) is 19.1. The Morgan fingerprint density at radius 3 is 3.00 bits per heavy atom. The molecule has 0 saturated carbocycles. The highest BCUT2D eigenvalue weighted by atomic mass is 32.1. The maximum Gasteiger partial charge on any atom is 0.258 e. The van der Waals surface area contributed by atoms with Crippen LogP contribution in [0, 0.1) is 6.92 Å². The van der Waals surface area contributed by atoms with E-state index in [0.717, 1.165) is 42.1 Å². The molecule has 0 radical (unpaired) electrons. The lowest BCUT2D eigenvalue weighted by Gasteiger charge is -2.28. The first-order chi connectivity index (χ1) is 13.7. The molecule has 28 heavy (non-hydrogen) atoms. The van der Waals surface area contributed by atoms with E-state index in [1.807, 2.05) is 36.6 Å². The first kappa shape index (κ1) is 17.5. The number of thiazole rings is 1. The molecule has 1 aliphatic heterocycles. The third kappa shape index (κ3) is 3.34. The number of piperidine rings is 1. The summed E-state index contributed by atoms with van der Waals surface area (Å²) in [4.78, 5) is 23.6. The van der Waals surface area contributed by atoms with Gasteiger partial charge in [-0.1, -0.05) is 18.2 Å². The van der Waals surface area contributed by atoms with Crippen molar-refractivity contribution < 1.29 is 4.90 Å². The molecule has 3 aromatic heterocycles. The van der Waals surface area contributed by atoms with Gasteiger partial charge in [-0.05, 0) is 43.5 Å². The van der Waals surface area contributed by atoms with Crippen LogP contribution in [0.5, 0.6) is 0 Å². The standard InChI is InChI=1S/C22H22N4OS/c1-15-8-9-20-23-17(11-21(27)26(20)12-15)14-25-10-4-5-16(13-25)22-24-18-6-2-3-7-19(18)28-22/h2-3,6-9,11-12,16H,4-5,10,13-14H2,1H3/p+1/t16-/m1/s1. The Bertz CT molecular complexity index is 1180. The zero-order valence-corrected chi connectivity index (χ0v) is 16.7. The molecule has 0 amide bonds. The van der Waals surface area contributed by atoms with E-state index in [9.17, 15) is 4.79 Å². The van der Waals surface area contributed by atoms with Gasteiger partial charge in [-0.25, -0.2) is 9.97 Å². The van der Waals surface area contributed by atoms with Crippen molar-refractivity contribution >= 4 is 27.2 Å². The number of rotatable bonds is 3. The number of hydrogen-bond acceptors (Lipinski definition) is 4. The molecular formula is C22H23N4OS+.